The number of nitrogens with one attached hydrogen (secondary N) is 2. The Morgan fingerprint density at radius 1 is 1.02 bits per heavy atom. The summed E-state index contributed by atoms with van der Waals surface area (Å²) in [6.45, 7) is 5.90. The van der Waals surface area contributed by atoms with E-state index in [4.69, 9.17) is 12.2 Å². The maximum Gasteiger partial charge on any atom is 0.335 e. The molecule has 0 spiro atoms. The molecule has 0 unspecified atom stereocenters. The first kappa shape index (κ1) is 27.4. The highest BCUT2D eigenvalue weighted by Gasteiger charge is 2.42. The van der Waals surface area contributed by atoms with E-state index in [0.717, 1.165) is 45.8 Å². The third kappa shape index (κ3) is 5.17. The molecule has 0 bridgehead atoms. The number of carboxylic acids is 1. The van der Waals surface area contributed by atoms with Crippen LogP contribution in [0.3, 0.4) is 0 Å². The largest absolute Gasteiger partial charge is 0.478 e. The number of nitrogens with zero attached hydrogens (tertiary/aromatic N) is 3. The lowest BCUT2D eigenvalue weighted by atomic mass is 9.96. The van der Waals surface area contributed by atoms with Crippen LogP contribution in [0, 0.1) is 20.8 Å². The van der Waals surface area contributed by atoms with Crippen molar-refractivity contribution in [3.05, 3.63) is 107 Å². The third-order valence-electron chi connectivity index (χ3n) is 7.04. The Hall–Kier alpha value is -4.22. The van der Waals surface area contributed by atoms with Crippen LogP contribution in [0.2, 0.25) is 0 Å². The topological polar surface area (TPSA) is 117 Å². The van der Waals surface area contributed by atoms with Gasteiger partial charge < -0.3 is 19.9 Å². The number of thiocarbonyl (C=S) groups is 1. The lowest BCUT2D eigenvalue weighted by Gasteiger charge is -2.29. The average Bonchev–Trinajstić information content (AvgIpc) is 3.40. The second-order valence-electron chi connectivity index (χ2n) is 9.88. The number of sulfonamides is 1. The molecular weight excluding hydrogens is 546 g/mol. The summed E-state index contributed by atoms with van der Waals surface area (Å²) in [5.41, 5.74) is 6.98. The number of carbonyl (C=O) groups is 1. The van der Waals surface area contributed by atoms with Gasteiger partial charge in [0.1, 0.15) is 0 Å². The number of aromatic nitrogens is 2. The highest BCUT2D eigenvalue weighted by Crippen LogP contribution is 2.44. The summed E-state index contributed by atoms with van der Waals surface area (Å²) in [5, 5.41) is 13.3. The molecule has 1 aliphatic rings. The van der Waals surface area contributed by atoms with E-state index in [2.05, 4.69) is 25.7 Å². The van der Waals surface area contributed by atoms with E-state index < -0.39 is 16.0 Å². The van der Waals surface area contributed by atoms with Gasteiger partial charge in [-0.15, -0.1) is 0 Å². The molecule has 3 heterocycles. The van der Waals surface area contributed by atoms with Gasteiger partial charge in [-0.2, -0.15) is 0 Å². The second-order valence-corrected chi connectivity index (χ2v) is 12.0. The number of hydrogen-bond acceptors (Lipinski definition) is 5. The fourth-order valence-corrected chi connectivity index (χ4v) is 6.27. The third-order valence-corrected chi connectivity index (χ3v) is 7.95. The van der Waals surface area contributed by atoms with E-state index >= 15 is 0 Å². The minimum Gasteiger partial charge on any atom is -0.478 e. The van der Waals surface area contributed by atoms with Crippen molar-refractivity contribution in [2.75, 3.05) is 15.9 Å². The first-order valence-electron chi connectivity index (χ1n) is 12.6. The van der Waals surface area contributed by atoms with Crippen LogP contribution in [0.1, 0.15) is 50.7 Å². The van der Waals surface area contributed by atoms with Crippen LogP contribution in [-0.2, 0) is 10.0 Å². The van der Waals surface area contributed by atoms with Crippen LogP contribution in [0.15, 0.2) is 72.9 Å². The van der Waals surface area contributed by atoms with Crippen LogP contribution in [0.4, 0.5) is 11.4 Å². The van der Waals surface area contributed by atoms with E-state index in [-0.39, 0.29) is 17.6 Å². The second kappa shape index (κ2) is 10.4. The van der Waals surface area contributed by atoms with Crippen molar-refractivity contribution >= 4 is 44.7 Å². The summed E-state index contributed by atoms with van der Waals surface area (Å²) in [4.78, 5) is 18.0. The lowest BCUT2D eigenvalue weighted by Crippen LogP contribution is -2.29. The van der Waals surface area contributed by atoms with Gasteiger partial charge in [0, 0.05) is 29.0 Å². The van der Waals surface area contributed by atoms with E-state index in [0.29, 0.717) is 10.8 Å². The number of hydrogen-bond donors (Lipinski definition) is 3. The average molecular weight is 576 g/mol. The number of aryl methyl sites for hydroxylation is 2. The van der Waals surface area contributed by atoms with Crippen molar-refractivity contribution in [3.8, 4) is 5.69 Å². The van der Waals surface area contributed by atoms with E-state index in [1.165, 1.54) is 0 Å². The van der Waals surface area contributed by atoms with Crippen molar-refractivity contribution in [2.24, 2.45) is 0 Å². The molecule has 4 aromatic rings. The summed E-state index contributed by atoms with van der Waals surface area (Å²) in [6, 6.07) is 19.7. The Morgan fingerprint density at radius 3 is 2.33 bits per heavy atom. The molecular formula is C29H29N5O4S2. The first-order chi connectivity index (χ1) is 18.9. The zero-order valence-electron chi connectivity index (χ0n) is 22.4. The van der Waals surface area contributed by atoms with Crippen molar-refractivity contribution in [2.45, 2.75) is 32.9 Å². The van der Waals surface area contributed by atoms with Gasteiger partial charge in [0.05, 0.1) is 35.3 Å². The van der Waals surface area contributed by atoms with Crippen LogP contribution in [-0.4, -0.2) is 40.4 Å². The molecule has 9 nitrogen and oxygen atoms in total. The molecule has 0 radical (unpaired) electrons. The fraction of sp³-hybridized carbons (Fsp3) is 0.207. The standard InChI is InChI=1S/C29H29N5O4S2/c1-17-15-22(12-13-24(17)32-40(4,37)38)34-27(26(31-29(34)39)25-7-5-6-14-30-25)23-16-18(2)33(19(23)3)21-10-8-20(9-11-21)28(35)36/h5-16,26-27,32H,1-4H3,(H,31,39)(H,35,36)/t26-,27-/m0/s1. The van der Waals surface area contributed by atoms with Crippen LogP contribution >= 0.6 is 12.2 Å². The van der Waals surface area contributed by atoms with Crippen molar-refractivity contribution < 1.29 is 18.3 Å². The molecule has 0 aliphatic carbocycles. The molecule has 1 fully saturated rings. The highest BCUT2D eigenvalue weighted by molar-refractivity contribution is 7.92. The minimum absolute atomic E-state index is 0.224. The number of aromatic carboxylic acids is 1. The SMILES string of the molecule is Cc1cc(N2C(=S)N[C@@H](c3ccccn3)[C@@H]2c2cc(C)n(-c3ccc(C(=O)O)cc3)c2C)ccc1NS(C)(=O)=O. The van der Waals surface area contributed by atoms with Crippen molar-refractivity contribution in [1.29, 1.82) is 0 Å². The van der Waals surface area contributed by atoms with E-state index in [1.807, 2.05) is 56.0 Å². The predicted molar refractivity (Wildman–Crippen MR) is 160 cm³/mol. The Labute approximate surface area is 238 Å². The molecule has 206 valence electrons. The lowest BCUT2D eigenvalue weighted by molar-refractivity contribution is 0.0697. The normalized spacial score (nSPS) is 17.1. The molecule has 2 aromatic heterocycles. The Kier molecular flexibility index (Phi) is 7.11. The maximum atomic E-state index is 11.8. The van der Waals surface area contributed by atoms with Gasteiger partial charge in [-0.1, -0.05) is 6.07 Å². The van der Waals surface area contributed by atoms with Crippen molar-refractivity contribution in [3.63, 3.8) is 0 Å². The van der Waals surface area contributed by atoms with Gasteiger partial charge in [0.25, 0.3) is 0 Å². The van der Waals surface area contributed by atoms with Gasteiger partial charge in [0.2, 0.25) is 10.0 Å². The zero-order chi connectivity index (χ0) is 28.8. The summed E-state index contributed by atoms with van der Waals surface area (Å²) >= 11 is 5.87. The Morgan fingerprint density at radius 2 is 1.73 bits per heavy atom. The number of benzene rings is 2. The van der Waals surface area contributed by atoms with Gasteiger partial charge in [-0.05, 0) is 105 Å². The monoisotopic (exact) mass is 575 g/mol. The minimum atomic E-state index is -3.43. The van der Waals surface area contributed by atoms with Gasteiger partial charge in [-0.25, -0.2) is 13.2 Å². The van der Waals surface area contributed by atoms with Crippen LogP contribution < -0.4 is 14.9 Å². The number of carboxylic acid groups (broad SMARTS) is 1. The predicted octanol–water partition coefficient (Wildman–Crippen LogP) is 5.04. The Bertz CT molecular complexity index is 1720. The summed E-state index contributed by atoms with van der Waals surface area (Å²) in [7, 11) is -3.43. The molecule has 5 rings (SSSR count). The fourth-order valence-electron chi connectivity index (χ4n) is 5.30. The van der Waals surface area contributed by atoms with E-state index in [1.54, 1.807) is 36.5 Å². The number of rotatable bonds is 7. The molecule has 40 heavy (non-hydrogen) atoms. The van der Waals surface area contributed by atoms with Gasteiger partial charge in [0.15, 0.2) is 5.11 Å². The highest BCUT2D eigenvalue weighted by atomic mass is 32.2. The molecule has 0 saturated carbocycles. The summed E-state index contributed by atoms with van der Waals surface area (Å²) < 4.78 is 28.3. The zero-order valence-corrected chi connectivity index (χ0v) is 24.0. The Balaban J connectivity index is 1.63. The quantitative estimate of drug-likeness (QED) is 0.262. The van der Waals surface area contributed by atoms with E-state index in [9.17, 15) is 18.3 Å². The molecule has 1 aliphatic heterocycles. The summed E-state index contributed by atoms with van der Waals surface area (Å²) in [5.74, 6) is -0.972. The molecule has 0 amide bonds. The van der Waals surface area contributed by atoms with Gasteiger partial charge in [-0.3, -0.25) is 9.71 Å². The summed E-state index contributed by atoms with van der Waals surface area (Å²) in [6.07, 6.45) is 2.88. The van der Waals surface area contributed by atoms with Gasteiger partial charge >= 0.3 is 5.97 Å². The van der Waals surface area contributed by atoms with Crippen LogP contribution in [0.5, 0.6) is 0 Å². The maximum absolute atomic E-state index is 11.8. The smallest absolute Gasteiger partial charge is 0.335 e. The number of anilines is 2. The molecule has 3 N–H and O–H groups in total. The van der Waals surface area contributed by atoms with Crippen LogP contribution in [0.25, 0.3) is 5.69 Å². The first-order valence-corrected chi connectivity index (χ1v) is 14.9. The molecule has 2 atom stereocenters. The molecule has 2 aromatic carbocycles. The molecule has 11 heteroatoms. The van der Waals surface area contributed by atoms with Crippen molar-refractivity contribution in [1.82, 2.24) is 14.9 Å². The molecule has 1 saturated heterocycles. The number of pyridine rings is 1.